The van der Waals surface area contributed by atoms with Crippen molar-refractivity contribution in [1.29, 1.82) is 0 Å². The third-order valence-corrected chi connectivity index (χ3v) is 5.18. The molecule has 134 valence electrons. The van der Waals surface area contributed by atoms with E-state index in [1.54, 1.807) is 0 Å². The van der Waals surface area contributed by atoms with Crippen molar-refractivity contribution in [2.24, 2.45) is 0 Å². The van der Waals surface area contributed by atoms with Crippen molar-refractivity contribution in [3.63, 3.8) is 0 Å². The maximum absolute atomic E-state index is 12.3. The van der Waals surface area contributed by atoms with Crippen molar-refractivity contribution >= 4 is 38.3 Å². The van der Waals surface area contributed by atoms with Gasteiger partial charge in [0.05, 0.1) is 4.47 Å². The highest BCUT2D eigenvalue weighted by Crippen LogP contribution is 2.30. The summed E-state index contributed by atoms with van der Waals surface area (Å²) < 4.78 is 6.56. The first-order valence-electron chi connectivity index (χ1n) is 8.78. The predicted octanol–water partition coefficient (Wildman–Crippen LogP) is 6.13. The summed E-state index contributed by atoms with van der Waals surface area (Å²) >= 11 is 3.54. The number of nitrogens with one attached hydrogen (secondary N) is 1. The van der Waals surface area contributed by atoms with Crippen molar-refractivity contribution in [3.8, 4) is 5.75 Å². The van der Waals surface area contributed by atoms with E-state index >= 15 is 0 Å². The van der Waals surface area contributed by atoms with E-state index in [2.05, 4.69) is 47.2 Å². The van der Waals surface area contributed by atoms with Gasteiger partial charge in [0, 0.05) is 11.1 Å². The first kappa shape index (κ1) is 18.5. The molecular formula is C22H22BrNO2. The lowest BCUT2D eigenvalue weighted by atomic mass is 9.99. The lowest BCUT2D eigenvalue weighted by Gasteiger charge is -2.13. The maximum Gasteiger partial charge on any atom is 0.262 e. The Kier molecular flexibility index (Phi) is 5.94. The molecule has 4 heteroatoms. The van der Waals surface area contributed by atoms with Gasteiger partial charge in [0.2, 0.25) is 0 Å². The van der Waals surface area contributed by atoms with Gasteiger partial charge in [-0.05, 0) is 57.4 Å². The zero-order valence-electron chi connectivity index (χ0n) is 15.0. The molecule has 0 fully saturated rings. The standard InChI is InChI=1S/C22H22BrNO2/c1-3-15(2)17-11-12-21(19(23)13-17)26-14-22(25)24-20-10-6-8-16-7-4-5-9-18(16)20/h4-13,15H,3,14H2,1-2H3,(H,24,25). The summed E-state index contributed by atoms with van der Waals surface area (Å²) in [5.74, 6) is 0.986. The first-order valence-corrected chi connectivity index (χ1v) is 9.57. The normalized spacial score (nSPS) is 12.0. The summed E-state index contributed by atoms with van der Waals surface area (Å²) in [5, 5.41) is 5.04. The minimum atomic E-state index is -0.181. The summed E-state index contributed by atoms with van der Waals surface area (Å²) in [6.45, 7) is 4.32. The number of anilines is 1. The fourth-order valence-corrected chi connectivity index (χ4v) is 3.35. The molecule has 0 aromatic heterocycles. The molecule has 26 heavy (non-hydrogen) atoms. The molecule has 1 atom stereocenters. The second kappa shape index (κ2) is 8.37. The van der Waals surface area contributed by atoms with Gasteiger partial charge in [0.1, 0.15) is 5.75 Å². The summed E-state index contributed by atoms with van der Waals surface area (Å²) in [7, 11) is 0. The molecule has 1 amide bonds. The third-order valence-electron chi connectivity index (χ3n) is 4.56. The van der Waals surface area contributed by atoms with Crippen LogP contribution in [0, 0.1) is 0 Å². The second-order valence-corrected chi connectivity index (χ2v) is 7.22. The SMILES string of the molecule is CCC(C)c1ccc(OCC(=O)Nc2cccc3ccccc23)c(Br)c1. The minimum absolute atomic E-state index is 0.0372. The molecule has 0 heterocycles. The smallest absolute Gasteiger partial charge is 0.262 e. The molecule has 0 saturated carbocycles. The van der Waals surface area contributed by atoms with E-state index in [0.717, 1.165) is 27.4 Å². The van der Waals surface area contributed by atoms with Crippen LogP contribution >= 0.6 is 15.9 Å². The Hall–Kier alpha value is -2.33. The second-order valence-electron chi connectivity index (χ2n) is 6.36. The summed E-state index contributed by atoms with van der Waals surface area (Å²) in [5.41, 5.74) is 2.05. The molecule has 1 unspecified atom stereocenters. The highest BCUT2D eigenvalue weighted by Gasteiger charge is 2.10. The average Bonchev–Trinajstić information content (AvgIpc) is 2.66. The van der Waals surface area contributed by atoms with Gasteiger partial charge in [-0.15, -0.1) is 0 Å². The molecular weight excluding hydrogens is 390 g/mol. The van der Waals surface area contributed by atoms with Gasteiger partial charge in [-0.3, -0.25) is 4.79 Å². The highest BCUT2D eigenvalue weighted by molar-refractivity contribution is 9.10. The number of halogens is 1. The molecule has 0 aliphatic rings. The number of benzene rings is 3. The molecule has 0 radical (unpaired) electrons. The van der Waals surface area contributed by atoms with Crippen LogP contribution in [0.4, 0.5) is 5.69 Å². The van der Waals surface area contributed by atoms with Crippen molar-refractivity contribution in [3.05, 3.63) is 70.7 Å². The van der Waals surface area contributed by atoms with Crippen LogP contribution in [0.2, 0.25) is 0 Å². The van der Waals surface area contributed by atoms with Gasteiger partial charge in [0.25, 0.3) is 5.91 Å². The average molecular weight is 412 g/mol. The molecule has 3 aromatic rings. The highest BCUT2D eigenvalue weighted by atomic mass is 79.9. The number of rotatable bonds is 6. The minimum Gasteiger partial charge on any atom is -0.483 e. The summed E-state index contributed by atoms with van der Waals surface area (Å²) in [6.07, 6.45) is 1.08. The van der Waals surface area contributed by atoms with E-state index in [9.17, 15) is 4.79 Å². The van der Waals surface area contributed by atoms with E-state index in [1.807, 2.05) is 48.5 Å². The molecule has 0 spiro atoms. The Morgan fingerprint density at radius 1 is 1.12 bits per heavy atom. The lowest BCUT2D eigenvalue weighted by Crippen LogP contribution is -2.20. The summed E-state index contributed by atoms with van der Waals surface area (Å²) in [4.78, 5) is 12.3. The van der Waals surface area contributed by atoms with Crippen LogP contribution in [-0.2, 0) is 4.79 Å². The Morgan fingerprint density at radius 2 is 1.88 bits per heavy atom. The number of hydrogen-bond acceptors (Lipinski definition) is 2. The fourth-order valence-electron chi connectivity index (χ4n) is 2.84. The number of ether oxygens (including phenoxy) is 1. The lowest BCUT2D eigenvalue weighted by molar-refractivity contribution is -0.118. The van der Waals surface area contributed by atoms with E-state index < -0.39 is 0 Å². The van der Waals surface area contributed by atoms with Gasteiger partial charge >= 0.3 is 0 Å². The molecule has 3 aromatic carbocycles. The number of amides is 1. The van der Waals surface area contributed by atoms with Crippen LogP contribution in [-0.4, -0.2) is 12.5 Å². The molecule has 3 rings (SSSR count). The quantitative estimate of drug-likeness (QED) is 0.529. The van der Waals surface area contributed by atoms with Gasteiger partial charge in [-0.25, -0.2) is 0 Å². The zero-order chi connectivity index (χ0) is 18.5. The number of carbonyl (C=O) groups excluding carboxylic acids is 1. The fraction of sp³-hybridized carbons (Fsp3) is 0.227. The van der Waals surface area contributed by atoms with Crippen LogP contribution in [0.3, 0.4) is 0 Å². The van der Waals surface area contributed by atoms with E-state index in [4.69, 9.17) is 4.74 Å². The van der Waals surface area contributed by atoms with Crippen LogP contribution < -0.4 is 10.1 Å². The Bertz CT molecular complexity index is 918. The number of hydrogen-bond donors (Lipinski definition) is 1. The van der Waals surface area contributed by atoms with Crippen molar-refractivity contribution in [2.75, 3.05) is 11.9 Å². The van der Waals surface area contributed by atoms with Crippen molar-refractivity contribution < 1.29 is 9.53 Å². The maximum atomic E-state index is 12.3. The first-order chi connectivity index (χ1) is 12.6. The van der Waals surface area contributed by atoms with Gasteiger partial charge < -0.3 is 10.1 Å². The largest absolute Gasteiger partial charge is 0.483 e. The van der Waals surface area contributed by atoms with E-state index in [0.29, 0.717) is 11.7 Å². The molecule has 3 nitrogen and oxygen atoms in total. The van der Waals surface area contributed by atoms with Crippen molar-refractivity contribution in [1.82, 2.24) is 0 Å². The number of fused-ring (bicyclic) bond motifs is 1. The predicted molar refractivity (Wildman–Crippen MR) is 111 cm³/mol. The Balaban J connectivity index is 1.66. The van der Waals surface area contributed by atoms with Crippen LogP contribution in [0.1, 0.15) is 31.7 Å². The third kappa shape index (κ3) is 4.25. The Morgan fingerprint density at radius 3 is 2.65 bits per heavy atom. The number of carbonyl (C=O) groups is 1. The molecule has 0 bridgehead atoms. The zero-order valence-corrected chi connectivity index (χ0v) is 16.5. The van der Waals surface area contributed by atoms with Gasteiger partial charge in [-0.2, -0.15) is 0 Å². The van der Waals surface area contributed by atoms with Crippen LogP contribution in [0.25, 0.3) is 10.8 Å². The van der Waals surface area contributed by atoms with Crippen molar-refractivity contribution in [2.45, 2.75) is 26.2 Å². The molecule has 0 aliphatic carbocycles. The topological polar surface area (TPSA) is 38.3 Å². The summed E-state index contributed by atoms with van der Waals surface area (Å²) in [6, 6.07) is 19.9. The molecule has 0 saturated heterocycles. The molecule has 1 N–H and O–H groups in total. The van der Waals surface area contributed by atoms with Crippen LogP contribution in [0.15, 0.2) is 65.1 Å². The van der Waals surface area contributed by atoms with Crippen LogP contribution in [0.5, 0.6) is 5.75 Å². The van der Waals surface area contributed by atoms with Gasteiger partial charge in [0.15, 0.2) is 6.61 Å². The molecule has 0 aliphatic heterocycles. The van der Waals surface area contributed by atoms with E-state index in [1.165, 1.54) is 5.56 Å². The van der Waals surface area contributed by atoms with E-state index in [-0.39, 0.29) is 12.5 Å². The van der Waals surface area contributed by atoms with Gasteiger partial charge in [-0.1, -0.05) is 56.3 Å². The monoisotopic (exact) mass is 411 g/mol. The Labute approximate surface area is 162 Å².